The number of fused-ring (bicyclic) bond motifs is 1. The number of hydrogen-bond donors (Lipinski definition) is 1. The first kappa shape index (κ1) is 14.6. The van der Waals surface area contributed by atoms with Crippen molar-refractivity contribution >= 4 is 10.8 Å². The molecule has 0 saturated carbocycles. The maximum Gasteiger partial charge on any atom is 0.0397 e. The summed E-state index contributed by atoms with van der Waals surface area (Å²) in [6, 6.07) is 16.1. The largest absolute Gasteiger partial charge is 0.314 e. The summed E-state index contributed by atoms with van der Waals surface area (Å²) in [5.41, 5.74) is 1.68. The average molecular weight is 282 g/mol. The van der Waals surface area contributed by atoms with E-state index in [1.54, 1.807) is 0 Å². The van der Waals surface area contributed by atoms with Crippen LogP contribution in [0.5, 0.6) is 0 Å². The molecule has 2 aromatic carbocycles. The van der Waals surface area contributed by atoms with Gasteiger partial charge in [0, 0.05) is 32.2 Å². The van der Waals surface area contributed by atoms with Crippen LogP contribution >= 0.6 is 0 Å². The van der Waals surface area contributed by atoms with Gasteiger partial charge in [-0.2, -0.15) is 0 Å². The van der Waals surface area contributed by atoms with E-state index in [1.165, 1.54) is 16.3 Å². The molecule has 1 N–H and O–H groups in total. The van der Waals surface area contributed by atoms with Gasteiger partial charge in [0.2, 0.25) is 0 Å². The molecule has 1 atom stereocenters. The Kier molecular flexibility index (Phi) is 4.01. The van der Waals surface area contributed by atoms with Gasteiger partial charge in [0.1, 0.15) is 0 Å². The normalized spacial score (nSPS) is 18.8. The molecule has 1 heterocycles. The molecular weight excluding hydrogens is 256 g/mol. The monoisotopic (exact) mass is 282 g/mol. The Bertz CT molecular complexity index is 606. The van der Waals surface area contributed by atoms with Gasteiger partial charge < -0.3 is 5.32 Å². The molecule has 21 heavy (non-hydrogen) atoms. The molecule has 0 bridgehead atoms. The molecule has 112 valence electrons. The zero-order valence-electron chi connectivity index (χ0n) is 13.4. The molecule has 0 unspecified atom stereocenters. The number of piperazine rings is 1. The molecule has 1 fully saturated rings. The zero-order valence-corrected chi connectivity index (χ0v) is 13.4. The van der Waals surface area contributed by atoms with Crippen LogP contribution in [0.3, 0.4) is 0 Å². The van der Waals surface area contributed by atoms with Crippen LogP contribution in [-0.2, 0) is 0 Å². The highest BCUT2D eigenvalue weighted by Gasteiger charge is 2.32. The summed E-state index contributed by atoms with van der Waals surface area (Å²) in [6.45, 7) is 11.5. The van der Waals surface area contributed by atoms with Gasteiger partial charge in [0.05, 0.1) is 0 Å². The minimum absolute atomic E-state index is 0.236. The number of rotatable bonds is 2. The van der Waals surface area contributed by atoms with Gasteiger partial charge >= 0.3 is 0 Å². The number of benzene rings is 2. The van der Waals surface area contributed by atoms with Crippen LogP contribution in [0.4, 0.5) is 0 Å². The number of hydrogen-bond acceptors (Lipinski definition) is 2. The highest BCUT2D eigenvalue weighted by Crippen LogP contribution is 2.39. The lowest BCUT2D eigenvalue weighted by atomic mass is 9.80. The Morgan fingerprint density at radius 3 is 2.29 bits per heavy atom. The van der Waals surface area contributed by atoms with Crippen molar-refractivity contribution in [2.45, 2.75) is 26.8 Å². The van der Waals surface area contributed by atoms with Crippen LogP contribution in [0.15, 0.2) is 42.5 Å². The third-order valence-corrected chi connectivity index (χ3v) is 4.43. The molecule has 1 saturated heterocycles. The highest BCUT2D eigenvalue weighted by atomic mass is 15.2. The van der Waals surface area contributed by atoms with E-state index in [-0.39, 0.29) is 5.41 Å². The summed E-state index contributed by atoms with van der Waals surface area (Å²) in [5, 5.41) is 6.14. The lowest BCUT2D eigenvalue weighted by Gasteiger charge is -2.42. The Labute approximate surface area is 128 Å². The minimum atomic E-state index is 0.236. The van der Waals surface area contributed by atoms with Gasteiger partial charge in [-0.25, -0.2) is 0 Å². The molecule has 0 aliphatic carbocycles. The van der Waals surface area contributed by atoms with Crippen LogP contribution in [0.25, 0.3) is 10.8 Å². The smallest absolute Gasteiger partial charge is 0.0397 e. The first-order valence-corrected chi connectivity index (χ1v) is 7.99. The second kappa shape index (κ2) is 5.78. The molecule has 2 nitrogen and oxygen atoms in total. The second-order valence-corrected chi connectivity index (χ2v) is 7.16. The summed E-state index contributed by atoms with van der Waals surface area (Å²) >= 11 is 0. The molecule has 0 aromatic heterocycles. The predicted molar refractivity (Wildman–Crippen MR) is 90.6 cm³/mol. The van der Waals surface area contributed by atoms with E-state index in [1.807, 2.05) is 0 Å². The van der Waals surface area contributed by atoms with Crippen molar-refractivity contribution in [2.75, 3.05) is 26.2 Å². The summed E-state index contributed by atoms with van der Waals surface area (Å²) < 4.78 is 0. The maximum absolute atomic E-state index is 3.46. The molecule has 0 radical (unpaired) electrons. The van der Waals surface area contributed by atoms with Gasteiger partial charge in [-0.3, -0.25) is 4.90 Å². The van der Waals surface area contributed by atoms with Gasteiger partial charge in [-0.1, -0.05) is 57.2 Å². The molecular formula is C19H26N2. The van der Waals surface area contributed by atoms with Crippen LogP contribution in [-0.4, -0.2) is 31.1 Å². The SMILES string of the molecule is CC(C)(C)[C@H](c1ccc2ccccc2c1)N1CCNCC1. The van der Waals surface area contributed by atoms with Gasteiger partial charge in [0.15, 0.2) is 0 Å². The van der Waals surface area contributed by atoms with Crippen molar-refractivity contribution < 1.29 is 0 Å². The molecule has 1 aliphatic heterocycles. The van der Waals surface area contributed by atoms with E-state index < -0.39 is 0 Å². The van der Waals surface area contributed by atoms with Crippen molar-refractivity contribution in [3.8, 4) is 0 Å². The Balaban J connectivity index is 2.01. The lowest BCUT2D eigenvalue weighted by Crippen LogP contribution is -2.48. The molecule has 0 spiro atoms. The molecule has 3 rings (SSSR count). The Morgan fingerprint density at radius 1 is 0.952 bits per heavy atom. The quantitative estimate of drug-likeness (QED) is 0.900. The molecule has 0 amide bonds. The van der Waals surface area contributed by atoms with Crippen LogP contribution in [0.1, 0.15) is 32.4 Å². The zero-order chi connectivity index (χ0) is 14.9. The predicted octanol–water partition coefficient (Wildman–Crippen LogP) is 3.83. The average Bonchev–Trinajstić information content (AvgIpc) is 2.47. The van der Waals surface area contributed by atoms with Gasteiger partial charge in [-0.15, -0.1) is 0 Å². The van der Waals surface area contributed by atoms with Crippen molar-refractivity contribution in [3.05, 3.63) is 48.0 Å². The first-order valence-electron chi connectivity index (χ1n) is 7.99. The maximum atomic E-state index is 3.46. The van der Waals surface area contributed by atoms with E-state index in [4.69, 9.17) is 0 Å². The third kappa shape index (κ3) is 3.12. The second-order valence-electron chi connectivity index (χ2n) is 7.16. The minimum Gasteiger partial charge on any atom is -0.314 e. The van der Waals surface area contributed by atoms with Gasteiger partial charge in [-0.05, 0) is 27.8 Å². The van der Waals surface area contributed by atoms with Crippen LogP contribution in [0, 0.1) is 5.41 Å². The lowest BCUT2D eigenvalue weighted by molar-refractivity contribution is 0.0863. The molecule has 2 aromatic rings. The van der Waals surface area contributed by atoms with Crippen molar-refractivity contribution in [1.29, 1.82) is 0 Å². The summed E-state index contributed by atoms with van der Waals surface area (Å²) in [7, 11) is 0. The number of nitrogens with zero attached hydrogens (tertiary/aromatic N) is 1. The summed E-state index contributed by atoms with van der Waals surface area (Å²) in [6.07, 6.45) is 0. The third-order valence-electron chi connectivity index (χ3n) is 4.43. The molecule has 1 aliphatic rings. The number of nitrogens with one attached hydrogen (secondary N) is 1. The topological polar surface area (TPSA) is 15.3 Å². The first-order chi connectivity index (χ1) is 10.1. The Morgan fingerprint density at radius 2 is 1.62 bits per heavy atom. The highest BCUT2D eigenvalue weighted by molar-refractivity contribution is 5.83. The van der Waals surface area contributed by atoms with Crippen molar-refractivity contribution in [3.63, 3.8) is 0 Å². The Hall–Kier alpha value is -1.38. The van der Waals surface area contributed by atoms with Gasteiger partial charge in [0.25, 0.3) is 0 Å². The van der Waals surface area contributed by atoms with Crippen molar-refractivity contribution in [1.82, 2.24) is 10.2 Å². The fraction of sp³-hybridized carbons (Fsp3) is 0.474. The summed E-state index contributed by atoms with van der Waals surface area (Å²) in [5.74, 6) is 0. The van der Waals surface area contributed by atoms with Crippen molar-refractivity contribution in [2.24, 2.45) is 5.41 Å². The fourth-order valence-corrected chi connectivity index (χ4v) is 3.58. The molecule has 2 heteroatoms. The summed E-state index contributed by atoms with van der Waals surface area (Å²) in [4.78, 5) is 2.64. The van der Waals surface area contributed by atoms with E-state index in [9.17, 15) is 0 Å². The van der Waals surface area contributed by atoms with Crippen LogP contribution in [0.2, 0.25) is 0 Å². The van der Waals surface area contributed by atoms with Crippen LogP contribution < -0.4 is 5.32 Å². The van der Waals surface area contributed by atoms with E-state index in [2.05, 4.69) is 73.5 Å². The van der Waals surface area contributed by atoms with E-state index in [0.29, 0.717) is 6.04 Å². The fourth-order valence-electron chi connectivity index (χ4n) is 3.58. The van der Waals surface area contributed by atoms with E-state index in [0.717, 1.165) is 26.2 Å². The standard InChI is InChI=1S/C19H26N2/c1-19(2,3)18(21-12-10-20-11-13-21)17-9-8-15-6-4-5-7-16(15)14-17/h4-9,14,18,20H,10-13H2,1-3H3/t18-/m0/s1. The van der Waals surface area contributed by atoms with E-state index >= 15 is 0 Å².